The molecule has 13 nitrogen and oxygen atoms in total. The zero-order valence-corrected chi connectivity index (χ0v) is 26.6. The van der Waals surface area contributed by atoms with E-state index in [1.165, 1.54) is 6.92 Å². The maximum atomic E-state index is 13.4. The molecule has 1 spiro atoms. The zero-order valence-electron chi connectivity index (χ0n) is 26.6. The predicted octanol–water partition coefficient (Wildman–Crippen LogP) is 2.74. The van der Waals surface area contributed by atoms with Gasteiger partial charge in [-0.15, -0.1) is 0 Å². The molecule has 1 saturated heterocycles. The summed E-state index contributed by atoms with van der Waals surface area (Å²) in [4.78, 5) is 59.8. The van der Waals surface area contributed by atoms with Crippen LogP contribution in [0.15, 0.2) is 24.0 Å². The molecule has 16 heteroatoms. The number of rotatable bonds is 8. The van der Waals surface area contributed by atoms with E-state index >= 15 is 0 Å². The fraction of sp³-hybridized carbons (Fsp3) is 0.594. The molecule has 268 valence electrons. The van der Waals surface area contributed by atoms with Crippen molar-refractivity contribution in [3.8, 4) is 5.75 Å². The van der Waals surface area contributed by atoms with Gasteiger partial charge in [-0.25, -0.2) is 9.59 Å². The summed E-state index contributed by atoms with van der Waals surface area (Å²) >= 11 is 0. The minimum Gasteiger partial charge on any atom is -0.481 e. The van der Waals surface area contributed by atoms with E-state index in [9.17, 15) is 42.6 Å². The standard InChI is InChI=1S/C29H37NO11.C2HF3O.CH4/c1-14-7-8-19(13-31)23-21(14)28-11-12-30(6)17(4)29(28,37)10-9-20(24(28)41-23)40-26(35)15(2)22(39-18(5)32)27(36)38-16(3)25(33)34;3-2(4,5)1-6;/h7-9,15-17,22,24,31,37H,10-13H2,1-6H3,(H,33,34);1H;1H4/t15-,16-,17+,22-,24-,28-,29+;;/m0../s1. The number of aryl methyl sites for hydroxylation is 1. The van der Waals surface area contributed by atoms with E-state index in [4.69, 9.17) is 28.8 Å². The Bertz CT molecular complexity index is 1450. The Morgan fingerprint density at radius 1 is 1.17 bits per heavy atom. The van der Waals surface area contributed by atoms with Crippen molar-refractivity contribution in [3.05, 3.63) is 40.7 Å². The van der Waals surface area contributed by atoms with Gasteiger partial charge in [0.1, 0.15) is 17.4 Å². The van der Waals surface area contributed by atoms with Crippen LogP contribution < -0.4 is 4.74 Å². The van der Waals surface area contributed by atoms with Crippen LogP contribution in [0.2, 0.25) is 0 Å². The third-order valence-electron chi connectivity index (χ3n) is 8.95. The van der Waals surface area contributed by atoms with Crippen molar-refractivity contribution < 1.29 is 71.4 Å². The highest BCUT2D eigenvalue weighted by molar-refractivity contribution is 5.87. The Kier molecular flexibility index (Phi) is 12.6. The van der Waals surface area contributed by atoms with Gasteiger partial charge in [0.25, 0.3) is 0 Å². The molecule has 2 aliphatic heterocycles. The van der Waals surface area contributed by atoms with Crippen molar-refractivity contribution in [1.29, 1.82) is 0 Å². The van der Waals surface area contributed by atoms with Gasteiger partial charge in [0, 0.05) is 30.5 Å². The number of fused-ring (bicyclic) bond motifs is 1. The first-order chi connectivity index (χ1) is 21.7. The Morgan fingerprint density at radius 2 is 1.77 bits per heavy atom. The maximum Gasteiger partial charge on any atom is 0.446 e. The normalized spacial score (nSPS) is 26.1. The largest absolute Gasteiger partial charge is 0.481 e. The van der Waals surface area contributed by atoms with Crippen LogP contribution in [-0.4, -0.2) is 100 Å². The SMILES string of the molecule is C.CC(=O)O[C@H](C(=O)O[C@@H](C)C(=O)O)[C@H](C)C(=O)OC1=CC[C@@]2(O)[C@@H](C)N(C)CC[C@@]23c2c(C)ccc(CO)c2O[C@@H]13.O=CC(F)(F)F. The van der Waals surface area contributed by atoms with Crippen LogP contribution in [0.4, 0.5) is 13.2 Å². The number of hydrogen-bond acceptors (Lipinski definition) is 12. The van der Waals surface area contributed by atoms with E-state index in [2.05, 4.69) is 4.90 Å². The number of aldehydes is 1. The van der Waals surface area contributed by atoms with E-state index in [0.29, 0.717) is 24.3 Å². The van der Waals surface area contributed by atoms with Gasteiger partial charge < -0.3 is 39.2 Å². The van der Waals surface area contributed by atoms with E-state index < -0.39 is 71.6 Å². The number of hydrogen-bond donors (Lipinski definition) is 3. The van der Waals surface area contributed by atoms with Crippen LogP contribution in [-0.2, 0) is 50.2 Å². The Labute approximate surface area is 275 Å². The summed E-state index contributed by atoms with van der Waals surface area (Å²) < 4.78 is 53.4. The van der Waals surface area contributed by atoms with Gasteiger partial charge in [-0.05, 0) is 59.3 Å². The molecule has 48 heavy (non-hydrogen) atoms. The quantitative estimate of drug-likeness (QED) is 0.206. The van der Waals surface area contributed by atoms with Gasteiger partial charge in [0.05, 0.1) is 17.6 Å². The summed E-state index contributed by atoms with van der Waals surface area (Å²) in [5, 5.41) is 31.5. The van der Waals surface area contributed by atoms with E-state index in [1.807, 2.05) is 27.0 Å². The molecule has 0 bridgehead atoms. The lowest BCUT2D eigenvalue weighted by Crippen LogP contribution is -2.71. The molecule has 0 aromatic heterocycles. The first-order valence-corrected chi connectivity index (χ1v) is 14.6. The molecule has 3 N–H and O–H groups in total. The van der Waals surface area contributed by atoms with Crippen molar-refractivity contribution in [3.63, 3.8) is 0 Å². The molecule has 1 aromatic carbocycles. The molecule has 1 aliphatic carbocycles. The lowest BCUT2D eigenvalue weighted by Gasteiger charge is -2.58. The second kappa shape index (κ2) is 15.0. The number of nitrogens with zero attached hydrogens (tertiary/aromatic N) is 1. The predicted molar refractivity (Wildman–Crippen MR) is 160 cm³/mol. The molecule has 0 saturated carbocycles. The van der Waals surface area contributed by atoms with E-state index in [-0.39, 0.29) is 32.3 Å². The molecule has 4 rings (SSSR count). The van der Waals surface area contributed by atoms with Gasteiger partial charge in [-0.1, -0.05) is 19.6 Å². The average molecular weight is 690 g/mol. The number of likely N-dealkylation sites (N-methyl/N-ethyl adjacent to an activating group) is 1. The van der Waals surface area contributed by atoms with Gasteiger partial charge in [-0.3, -0.25) is 14.4 Å². The van der Waals surface area contributed by atoms with Crippen LogP contribution in [0.3, 0.4) is 0 Å². The van der Waals surface area contributed by atoms with Crippen LogP contribution in [0, 0.1) is 12.8 Å². The number of esters is 3. The number of halogens is 3. The van der Waals surface area contributed by atoms with Crippen LogP contribution >= 0.6 is 0 Å². The highest BCUT2D eigenvalue weighted by atomic mass is 19.4. The molecule has 3 aliphatic rings. The first kappa shape index (κ1) is 40.2. The number of carbonyl (C=O) groups excluding carboxylic acids is 4. The summed E-state index contributed by atoms with van der Waals surface area (Å²) in [6.45, 7) is 7.63. The van der Waals surface area contributed by atoms with Gasteiger partial charge in [0.15, 0.2) is 12.2 Å². The summed E-state index contributed by atoms with van der Waals surface area (Å²) in [6, 6.07) is 3.33. The van der Waals surface area contributed by atoms with Crippen molar-refractivity contribution in [2.75, 3.05) is 13.6 Å². The fourth-order valence-corrected chi connectivity index (χ4v) is 6.36. The lowest BCUT2D eigenvalue weighted by molar-refractivity contribution is -0.182. The number of carbonyl (C=O) groups is 5. The number of aliphatic hydroxyl groups excluding tert-OH is 1. The molecule has 0 amide bonds. The highest BCUT2D eigenvalue weighted by Gasteiger charge is 2.69. The summed E-state index contributed by atoms with van der Waals surface area (Å²) in [5.74, 6) is -5.26. The number of alkyl halides is 3. The molecule has 1 aromatic rings. The highest BCUT2D eigenvalue weighted by Crippen LogP contribution is 2.61. The van der Waals surface area contributed by atoms with Crippen molar-refractivity contribution >= 4 is 30.2 Å². The molecule has 2 heterocycles. The van der Waals surface area contributed by atoms with E-state index in [0.717, 1.165) is 25.0 Å². The number of piperidine rings is 1. The topological polar surface area (TPSA) is 186 Å². The summed E-state index contributed by atoms with van der Waals surface area (Å²) in [7, 11) is 1.93. The number of carboxylic acid groups (broad SMARTS) is 1. The number of benzene rings is 1. The lowest BCUT2D eigenvalue weighted by atomic mass is 9.54. The Balaban J connectivity index is 0.00000105. The number of likely N-dealkylation sites (tertiary alicyclic amines) is 1. The van der Waals surface area contributed by atoms with E-state index in [1.54, 1.807) is 12.1 Å². The second-order valence-electron chi connectivity index (χ2n) is 11.8. The maximum absolute atomic E-state index is 13.4. The first-order valence-electron chi connectivity index (χ1n) is 14.6. The van der Waals surface area contributed by atoms with Gasteiger partial charge in [-0.2, -0.15) is 13.2 Å². The Morgan fingerprint density at radius 3 is 2.29 bits per heavy atom. The number of aliphatic hydroxyl groups is 2. The second-order valence-corrected chi connectivity index (χ2v) is 11.8. The van der Waals surface area contributed by atoms with Crippen molar-refractivity contribution in [1.82, 2.24) is 4.90 Å². The zero-order chi connectivity index (χ0) is 35.6. The van der Waals surface area contributed by atoms with Crippen LogP contribution in [0.5, 0.6) is 5.75 Å². The molecular weight excluding hydrogens is 647 g/mol. The summed E-state index contributed by atoms with van der Waals surface area (Å²) in [6.07, 6.45) is -7.74. The number of carboxylic acids is 1. The van der Waals surface area contributed by atoms with Crippen molar-refractivity contribution in [2.45, 2.75) is 103 Å². The molecular formula is C32H42F3NO12. The average Bonchev–Trinajstić information content (AvgIpc) is 3.36. The van der Waals surface area contributed by atoms with Gasteiger partial charge >= 0.3 is 30.1 Å². The third kappa shape index (κ3) is 7.50. The van der Waals surface area contributed by atoms with Gasteiger partial charge in [0.2, 0.25) is 12.4 Å². The summed E-state index contributed by atoms with van der Waals surface area (Å²) in [5.41, 5.74) is -0.167. The molecule has 0 radical (unpaired) electrons. The monoisotopic (exact) mass is 689 g/mol. The molecule has 7 atom stereocenters. The third-order valence-corrected chi connectivity index (χ3v) is 8.95. The van der Waals surface area contributed by atoms with Crippen LogP contribution in [0.1, 0.15) is 64.7 Å². The fourth-order valence-electron chi connectivity index (χ4n) is 6.36. The van der Waals surface area contributed by atoms with Crippen LogP contribution in [0.25, 0.3) is 0 Å². The molecule has 1 fully saturated rings. The number of aliphatic carboxylic acids is 1. The minimum atomic E-state index is -4.64. The Hall–Kier alpha value is -4.02. The molecule has 0 unspecified atom stereocenters. The smallest absolute Gasteiger partial charge is 0.446 e. The minimum absolute atomic E-state index is 0. The van der Waals surface area contributed by atoms with Crippen molar-refractivity contribution in [2.24, 2.45) is 5.92 Å². The number of ether oxygens (including phenoxy) is 4.